The first-order valence-corrected chi connectivity index (χ1v) is 6.93. The van der Waals surface area contributed by atoms with Crippen LogP contribution in [0, 0.1) is 5.92 Å². The highest BCUT2D eigenvalue weighted by Gasteiger charge is 2.58. The summed E-state index contributed by atoms with van der Waals surface area (Å²) in [5, 5.41) is 0. The Bertz CT molecular complexity index is 391. The standard InChI is InChI=1S/C13H18N2O2/c16-12-11-7-8-3-1-2-4-10(8)15(11)13(17)14(12)9-5-6-9/h8-11H,1-7H2. The summed E-state index contributed by atoms with van der Waals surface area (Å²) in [5.41, 5.74) is 0. The van der Waals surface area contributed by atoms with Crippen molar-refractivity contribution < 1.29 is 9.59 Å². The van der Waals surface area contributed by atoms with Crippen molar-refractivity contribution in [2.24, 2.45) is 5.92 Å². The van der Waals surface area contributed by atoms with Gasteiger partial charge in [-0.15, -0.1) is 0 Å². The van der Waals surface area contributed by atoms with Crippen LogP contribution in [-0.4, -0.2) is 39.9 Å². The van der Waals surface area contributed by atoms with Crippen molar-refractivity contribution in [3.63, 3.8) is 0 Å². The minimum atomic E-state index is -0.101. The fraction of sp³-hybridized carbons (Fsp3) is 0.846. The average molecular weight is 234 g/mol. The van der Waals surface area contributed by atoms with E-state index in [1.165, 1.54) is 19.3 Å². The van der Waals surface area contributed by atoms with Crippen molar-refractivity contribution in [2.45, 2.75) is 63.1 Å². The molecule has 4 rings (SSSR count). The second kappa shape index (κ2) is 3.24. The van der Waals surface area contributed by atoms with E-state index in [9.17, 15) is 9.59 Å². The fourth-order valence-electron chi connectivity index (χ4n) is 4.00. The minimum Gasteiger partial charge on any atom is -0.309 e. The van der Waals surface area contributed by atoms with Crippen LogP contribution >= 0.6 is 0 Å². The molecule has 4 heteroatoms. The van der Waals surface area contributed by atoms with E-state index < -0.39 is 0 Å². The van der Waals surface area contributed by atoms with Crippen LogP contribution in [-0.2, 0) is 4.79 Å². The summed E-state index contributed by atoms with van der Waals surface area (Å²) >= 11 is 0. The Balaban J connectivity index is 1.65. The third-order valence-electron chi connectivity index (χ3n) is 4.95. The Morgan fingerprint density at radius 1 is 1.00 bits per heavy atom. The summed E-state index contributed by atoms with van der Waals surface area (Å²) < 4.78 is 0. The number of carbonyl (C=O) groups excluding carboxylic acids is 2. The number of hydrogen-bond acceptors (Lipinski definition) is 2. The molecule has 0 radical (unpaired) electrons. The monoisotopic (exact) mass is 234 g/mol. The second-order valence-electron chi connectivity index (χ2n) is 5.99. The first-order chi connectivity index (χ1) is 8.27. The van der Waals surface area contributed by atoms with Gasteiger partial charge in [0.1, 0.15) is 6.04 Å². The number of hydrogen-bond donors (Lipinski definition) is 0. The first-order valence-electron chi connectivity index (χ1n) is 6.93. The van der Waals surface area contributed by atoms with E-state index in [0.29, 0.717) is 12.0 Å². The maximum atomic E-state index is 12.4. The Morgan fingerprint density at radius 3 is 2.53 bits per heavy atom. The minimum absolute atomic E-state index is 0.0249. The molecule has 2 saturated heterocycles. The quantitative estimate of drug-likeness (QED) is 0.648. The molecule has 4 nitrogen and oxygen atoms in total. The van der Waals surface area contributed by atoms with Crippen LogP contribution in [0.2, 0.25) is 0 Å². The molecule has 3 amide bonds. The lowest BCUT2D eigenvalue weighted by molar-refractivity contribution is -0.128. The summed E-state index contributed by atoms with van der Waals surface area (Å²) in [7, 11) is 0. The van der Waals surface area contributed by atoms with E-state index in [1.807, 2.05) is 4.90 Å². The molecule has 17 heavy (non-hydrogen) atoms. The Hall–Kier alpha value is -1.06. The second-order valence-corrected chi connectivity index (χ2v) is 5.99. The summed E-state index contributed by atoms with van der Waals surface area (Å²) in [6, 6.07) is 0.532. The summed E-state index contributed by atoms with van der Waals surface area (Å²) in [5.74, 6) is 0.704. The van der Waals surface area contributed by atoms with Crippen LogP contribution in [0.15, 0.2) is 0 Å². The molecule has 4 fully saturated rings. The highest BCUT2D eigenvalue weighted by molar-refractivity contribution is 6.05. The number of fused-ring (bicyclic) bond motifs is 3. The largest absolute Gasteiger partial charge is 0.327 e. The van der Waals surface area contributed by atoms with Crippen molar-refractivity contribution in [2.75, 3.05) is 0 Å². The van der Waals surface area contributed by atoms with Gasteiger partial charge in [-0.2, -0.15) is 0 Å². The summed E-state index contributed by atoms with van der Waals surface area (Å²) in [6.07, 6.45) is 7.78. The molecule has 3 atom stereocenters. The third-order valence-corrected chi connectivity index (χ3v) is 4.95. The van der Waals surface area contributed by atoms with Gasteiger partial charge in [0, 0.05) is 12.1 Å². The van der Waals surface area contributed by atoms with Crippen LogP contribution in [0.5, 0.6) is 0 Å². The molecule has 2 aliphatic carbocycles. The Kier molecular flexibility index (Phi) is 1.89. The van der Waals surface area contributed by atoms with E-state index in [0.717, 1.165) is 25.7 Å². The predicted molar refractivity (Wildman–Crippen MR) is 61.3 cm³/mol. The van der Waals surface area contributed by atoms with Gasteiger partial charge in [0.05, 0.1) is 0 Å². The zero-order chi connectivity index (χ0) is 11.6. The Labute approximate surface area is 101 Å². The molecule has 4 aliphatic rings. The van der Waals surface area contributed by atoms with Crippen molar-refractivity contribution >= 4 is 11.9 Å². The van der Waals surface area contributed by atoms with Crippen LogP contribution in [0.3, 0.4) is 0 Å². The zero-order valence-electron chi connectivity index (χ0n) is 9.97. The van der Waals surface area contributed by atoms with Crippen molar-refractivity contribution in [3.8, 4) is 0 Å². The molecular formula is C13H18N2O2. The zero-order valence-corrected chi connectivity index (χ0v) is 9.97. The molecule has 3 unspecified atom stereocenters. The Morgan fingerprint density at radius 2 is 1.76 bits per heavy atom. The number of rotatable bonds is 1. The number of urea groups is 1. The van der Waals surface area contributed by atoms with E-state index in [4.69, 9.17) is 0 Å². The lowest BCUT2D eigenvalue weighted by Gasteiger charge is -2.31. The third kappa shape index (κ3) is 1.24. The van der Waals surface area contributed by atoms with Gasteiger partial charge < -0.3 is 4.90 Å². The van der Waals surface area contributed by atoms with Crippen molar-refractivity contribution in [3.05, 3.63) is 0 Å². The van der Waals surface area contributed by atoms with Gasteiger partial charge in [0.2, 0.25) is 0 Å². The molecule has 2 heterocycles. The molecule has 2 saturated carbocycles. The number of carbonyl (C=O) groups is 2. The smallest absolute Gasteiger partial charge is 0.309 e. The molecular weight excluding hydrogens is 216 g/mol. The number of amides is 3. The molecule has 0 bridgehead atoms. The maximum absolute atomic E-state index is 12.4. The lowest BCUT2D eigenvalue weighted by atomic mass is 9.84. The molecule has 0 aromatic carbocycles. The van der Waals surface area contributed by atoms with E-state index in [2.05, 4.69) is 0 Å². The lowest BCUT2D eigenvalue weighted by Crippen LogP contribution is -2.41. The van der Waals surface area contributed by atoms with Gasteiger partial charge in [0.25, 0.3) is 5.91 Å². The van der Waals surface area contributed by atoms with Gasteiger partial charge in [0.15, 0.2) is 0 Å². The topological polar surface area (TPSA) is 40.6 Å². The highest BCUT2D eigenvalue weighted by Crippen LogP contribution is 2.45. The predicted octanol–water partition coefficient (Wildman–Crippen LogP) is 1.74. The normalized spacial score (nSPS) is 40.8. The molecule has 92 valence electrons. The fourth-order valence-corrected chi connectivity index (χ4v) is 4.00. The van der Waals surface area contributed by atoms with Gasteiger partial charge in [-0.3, -0.25) is 9.69 Å². The van der Waals surface area contributed by atoms with Crippen LogP contribution in [0.25, 0.3) is 0 Å². The first kappa shape index (κ1) is 9.92. The van der Waals surface area contributed by atoms with Gasteiger partial charge in [-0.25, -0.2) is 4.79 Å². The molecule has 2 aliphatic heterocycles. The molecule has 0 spiro atoms. The average Bonchev–Trinajstić information content (AvgIpc) is 3.03. The summed E-state index contributed by atoms with van der Waals surface area (Å²) in [6.45, 7) is 0. The van der Waals surface area contributed by atoms with Crippen LogP contribution in [0.4, 0.5) is 4.79 Å². The van der Waals surface area contributed by atoms with Crippen molar-refractivity contribution in [1.29, 1.82) is 0 Å². The molecule has 0 aromatic rings. The van der Waals surface area contributed by atoms with Gasteiger partial charge in [-0.05, 0) is 38.0 Å². The van der Waals surface area contributed by atoms with Crippen LogP contribution in [0.1, 0.15) is 44.9 Å². The number of nitrogens with zero attached hydrogens (tertiary/aromatic N) is 2. The number of imide groups is 1. The summed E-state index contributed by atoms with van der Waals surface area (Å²) in [4.78, 5) is 28.2. The molecule has 0 N–H and O–H groups in total. The van der Waals surface area contributed by atoms with Crippen LogP contribution < -0.4 is 0 Å². The van der Waals surface area contributed by atoms with Crippen molar-refractivity contribution in [1.82, 2.24) is 9.80 Å². The highest BCUT2D eigenvalue weighted by atomic mass is 16.2. The van der Waals surface area contributed by atoms with E-state index in [1.54, 1.807) is 4.90 Å². The van der Waals surface area contributed by atoms with E-state index >= 15 is 0 Å². The maximum Gasteiger partial charge on any atom is 0.327 e. The van der Waals surface area contributed by atoms with E-state index in [-0.39, 0.29) is 24.0 Å². The molecule has 0 aromatic heterocycles. The van der Waals surface area contributed by atoms with Gasteiger partial charge in [-0.1, -0.05) is 12.8 Å². The van der Waals surface area contributed by atoms with Gasteiger partial charge >= 0.3 is 6.03 Å². The SMILES string of the molecule is O=C1C2CC3CCCCC3N2C(=O)N1C1CC1.